The third-order valence-electron chi connectivity index (χ3n) is 4.35. The van der Waals surface area contributed by atoms with E-state index in [1.54, 1.807) is 0 Å². The minimum atomic E-state index is -3.32. The van der Waals surface area contributed by atoms with Gasteiger partial charge in [0.1, 0.15) is 24.9 Å². The second-order valence-corrected chi connectivity index (χ2v) is 6.24. The van der Waals surface area contributed by atoms with Gasteiger partial charge in [0, 0.05) is 6.92 Å². The highest BCUT2D eigenvalue weighted by molar-refractivity contribution is 5.90. The summed E-state index contributed by atoms with van der Waals surface area (Å²) in [7, 11) is 0. The molecule has 0 saturated carbocycles. The van der Waals surface area contributed by atoms with Crippen LogP contribution < -0.4 is 0 Å². The van der Waals surface area contributed by atoms with Gasteiger partial charge in [-0.05, 0) is 6.42 Å². The summed E-state index contributed by atoms with van der Waals surface area (Å²) in [5.41, 5.74) is -2.88. The molecule has 28 heavy (non-hydrogen) atoms. The van der Waals surface area contributed by atoms with Gasteiger partial charge in [-0.3, -0.25) is 9.59 Å². The third kappa shape index (κ3) is 4.47. The molecule has 1 saturated heterocycles. The van der Waals surface area contributed by atoms with Crippen molar-refractivity contribution >= 4 is 17.9 Å². The Morgan fingerprint density at radius 3 is 2.21 bits per heavy atom. The SMILES string of the molecule is CCC(C(=O)OC(O)(CO)C(=O)OC(C)=O)[C@]1(O)C(O)O[C@H](CO)[C@@H](O)[C@@H]1O. The van der Waals surface area contributed by atoms with E-state index >= 15 is 0 Å². The molecule has 1 aliphatic heterocycles. The van der Waals surface area contributed by atoms with E-state index in [2.05, 4.69) is 9.47 Å². The molecule has 0 amide bonds. The van der Waals surface area contributed by atoms with Crippen LogP contribution >= 0.6 is 0 Å². The number of aliphatic hydroxyl groups excluding tert-OH is 5. The lowest BCUT2D eigenvalue weighted by molar-refractivity contribution is -0.343. The number of rotatable bonds is 7. The van der Waals surface area contributed by atoms with Crippen LogP contribution in [0.5, 0.6) is 0 Å². The van der Waals surface area contributed by atoms with Crippen molar-refractivity contribution in [2.75, 3.05) is 13.2 Å². The summed E-state index contributed by atoms with van der Waals surface area (Å²) in [6.45, 7) is -0.246. The fraction of sp³-hybridized carbons (Fsp3) is 0.800. The molecular weight excluding hydrogens is 388 g/mol. The summed E-state index contributed by atoms with van der Waals surface area (Å²) < 4.78 is 13.4. The molecule has 0 bridgehead atoms. The van der Waals surface area contributed by atoms with Gasteiger partial charge in [-0.2, -0.15) is 0 Å². The van der Waals surface area contributed by atoms with Gasteiger partial charge >= 0.3 is 23.7 Å². The van der Waals surface area contributed by atoms with E-state index in [0.29, 0.717) is 0 Å². The van der Waals surface area contributed by atoms with Crippen LogP contribution in [0.2, 0.25) is 0 Å². The normalized spacial score (nSPS) is 33.5. The van der Waals surface area contributed by atoms with E-state index in [-0.39, 0.29) is 6.42 Å². The van der Waals surface area contributed by atoms with Crippen molar-refractivity contribution in [1.29, 1.82) is 0 Å². The fourth-order valence-corrected chi connectivity index (χ4v) is 2.78. The average molecular weight is 412 g/mol. The molecule has 13 heteroatoms. The third-order valence-corrected chi connectivity index (χ3v) is 4.35. The lowest BCUT2D eigenvalue weighted by Crippen LogP contribution is -2.70. The molecule has 1 fully saturated rings. The number of esters is 3. The molecule has 1 aliphatic rings. The summed E-state index contributed by atoms with van der Waals surface area (Å²) in [4.78, 5) is 35.0. The number of hydrogen-bond acceptors (Lipinski definition) is 13. The maximum Gasteiger partial charge on any atom is 0.389 e. The van der Waals surface area contributed by atoms with E-state index in [1.807, 2.05) is 0 Å². The first-order chi connectivity index (χ1) is 12.9. The first-order valence-electron chi connectivity index (χ1n) is 8.20. The molecule has 162 valence electrons. The van der Waals surface area contributed by atoms with Gasteiger partial charge in [-0.25, -0.2) is 4.79 Å². The molecule has 0 spiro atoms. The van der Waals surface area contributed by atoms with Gasteiger partial charge in [0.2, 0.25) is 0 Å². The number of carbonyl (C=O) groups is 3. The van der Waals surface area contributed by atoms with Crippen LogP contribution in [-0.2, 0) is 28.6 Å². The molecule has 0 aromatic rings. The van der Waals surface area contributed by atoms with Crippen molar-refractivity contribution in [2.45, 2.75) is 56.3 Å². The summed E-state index contributed by atoms with van der Waals surface area (Å²) in [6.07, 6.45) is -8.25. The first-order valence-corrected chi connectivity index (χ1v) is 8.20. The van der Waals surface area contributed by atoms with Crippen molar-refractivity contribution < 1.29 is 64.3 Å². The zero-order valence-corrected chi connectivity index (χ0v) is 15.1. The molecule has 0 aliphatic carbocycles. The van der Waals surface area contributed by atoms with Gasteiger partial charge in [0.15, 0.2) is 11.9 Å². The Labute approximate surface area is 158 Å². The maximum absolute atomic E-state index is 12.4. The van der Waals surface area contributed by atoms with Crippen LogP contribution in [0.1, 0.15) is 20.3 Å². The first kappa shape index (κ1) is 24.3. The fourth-order valence-electron chi connectivity index (χ4n) is 2.78. The van der Waals surface area contributed by atoms with E-state index in [9.17, 15) is 39.9 Å². The largest absolute Gasteiger partial charge is 0.419 e. The minimum absolute atomic E-state index is 0.368. The number of carbonyl (C=O) groups excluding carboxylic acids is 3. The average Bonchev–Trinajstić information content (AvgIpc) is 2.62. The topological polar surface area (TPSA) is 221 Å². The summed E-state index contributed by atoms with van der Waals surface area (Å²) in [6, 6.07) is 0. The number of aliphatic hydroxyl groups is 7. The second kappa shape index (κ2) is 9.19. The summed E-state index contributed by atoms with van der Waals surface area (Å²) in [5.74, 6) is -9.81. The van der Waals surface area contributed by atoms with Gasteiger partial charge in [0.25, 0.3) is 0 Å². The van der Waals surface area contributed by atoms with Crippen LogP contribution in [0.25, 0.3) is 0 Å². The van der Waals surface area contributed by atoms with Crippen molar-refractivity contribution in [3.63, 3.8) is 0 Å². The number of ether oxygens (including phenoxy) is 3. The lowest BCUT2D eigenvalue weighted by atomic mass is 9.75. The van der Waals surface area contributed by atoms with Crippen molar-refractivity contribution in [1.82, 2.24) is 0 Å². The van der Waals surface area contributed by atoms with Gasteiger partial charge < -0.3 is 50.0 Å². The highest BCUT2D eigenvalue weighted by Crippen LogP contribution is 2.37. The minimum Gasteiger partial charge on any atom is -0.419 e. The predicted octanol–water partition coefficient (Wildman–Crippen LogP) is -4.51. The Bertz CT molecular complexity index is 594. The molecule has 7 N–H and O–H groups in total. The molecule has 3 unspecified atom stereocenters. The Balaban J connectivity index is 3.15. The Hall–Kier alpha value is -1.71. The number of hydrogen-bond donors (Lipinski definition) is 7. The zero-order chi connectivity index (χ0) is 21.9. The highest BCUT2D eigenvalue weighted by Gasteiger charge is 2.61. The van der Waals surface area contributed by atoms with Crippen LogP contribution in [0, 0.1) is 5.92 Å². The molecule has 0 aromatic carbocycles. The Morgan fingerprint density at radius 1 is 1.21 bits per heavy atom. The molecule has 0 radical (unpaired) electrons. The maximum atomic E-state index is 12.4. The van der Waals surface area contributed by atoms with Crippen LogP contribution in [0.15, 0.2) is 0 Å². The Kier molecular flexibility index (Phi) is 7.99. The summed E-state index contributed by atoms with van der Waals surface area (Å²) >= 11 is 0. The van der Waals surface area contributed by atoms with Crippen LogP contribution in [0.4, 0.5) is 0 Å². The van der Waals surface area contributed by atoms with E-state index in [4.69, 9.17) is 14.9 Å². The lowest BCUT2D eigenvalue weighted by Gasteiger charge is -2.48. The van der Waals surface area contributed by atoms with Crippen LogP contribution in [0.3, 0.4) is 0 Å². The molecule has 1 heterocycles. The molecule has 1 rings (SSSR count). The summed E-state index contributed by atoms with van der Waals surface area (Å²) in [5, 5.41) is 69.0. The van der Waals surface area contributed by atoms with E-state index in [1.165, 1.54) is 6.92 Å². The van der Waals surface area contributed by atoms with E-state index in [0.717, 1.165) is 6.92 Å². The molecule has 0 aromatic heterocycles. The highest BCUT2D eigenvalue weighted by atomic mass is 16.7. The standard InChI is InChI=1S/C15H24O13/c1-3-7(11(21)28-14(24,5-17)12(22)26-6(2)18)15(25)10(20)9(19)8(4-16)27-13(15)23/h7-10,13,16-17,19-20,23-25H,3-5H2,1-2H3/t7?,8-,9-,10+,13?,14?,15-/m1/s1. The van der Waals surface area contributed by atoms with Crippen molar-refractivity contribution in [3.05, 3.63) is 0 Å². The van der Waals surface area contributed by atoms with E-state index < -0.39 is 73.0 Å². The zero-order valence-electron chi connectivity index (χ0n) is 15.1. The molecule has 13 nitrogen and oxygen atoms in total. The van der Waals surface area contributed by atoms with Gasteiger partial charge in [0.05, 0.1) is 12.5 Å². The van der Waals surface area contributed by atoms with Crippen LogP contribution in [-0.4, -0.2) is 103 Å². The molecule has 7 atom stereocenters. The predicted molar refractivity (Wildman–Crippen MR) is 83.6 cm³/mol. The quantitative estimate of drug-likeness (QED) is 0.119. The second-order valence-electron chi connectivity index (χ2n) is 6.24. The monoisotopic (exact) mass is 412 g/mol. The Morgan fingerprint density at radius 2 is 1.79 bits per heavy atom. The van der Waals surface area contributed by atoms with Crippen molar-refractivity contribution in [3.8, 4) is 0 Å². The molecular formula is C15H24O13. The van der Waals surface area contributed by atoms with Gasteiger partial charge in [-0.1, -0.05) is 6.92 Å². The smallest absolute Gasteiger partial charge is 0.389 e. The van der Waals surface area contributed by atoms with Gasteiger partial charge in [-0.15, -0.1) is 0 Å². The van der Waals surface area contributed by atoms with Crippen molar-refractivity contribution in [2.24, 2.45) is 5.92 Å².